The van der Waals surface area contributed by atoms with Crippen molar-refractivity contribution in [2.24, 2.45) is 0 Å². The molecule has 2 atom stereocenters. The quantitative estimate of drug-likeness (QED) is 0.665. The first-order valence-electron chi connectivity index (χ1n) is 5.39. The van der Waals surface area contributed by atoms with Crippen LogP contribution in [0.5, 0.6) is 0 Å². The van der Waals surface area contributed by atoms with Crippen molar-refractivity contribution in [2.45, 2.75) is 17.9 Å². The lowest BCUT2D eigenvalue weighted by Crippen LogP contribution is -2.41. The Bertz CT molecular complexity index is 396. The number of hydrogen-bond donors (Lipinski definition) is 2. The van der Waals surface area contributed by atoms with E-state index in [1.165, 1.54) is 5.56 Å². The first kappa shape index (κ1) is 8.92. The minimum absolute atomic E-state index is 0.00164. The fourth-order valence-electron chi connectivity index (χ4n) is 2.89. The van der Waals surface area contributed by atoms with Crippen LogP contribution in [0.3, 0.4) is 0 Å². The number of carbonyl (C=O) groups is 1. The SMILES string of the molecule is O=CC1Nc2ccccc2C12CCNC2. The van der Waals surface area contributed by atoms with Gasteiger partial charge in [0.05, 0.1) is 6.04 Å². The highest BCUT2D eigenvalue weighted by Crippen LogP contribution is 2.44. The molecule has 2 aliphatic heterocycles. The van der Waals surface area contributed by atoms with Crippen molar-refractivity contribution in [1.29, 1.82) is 0 Å². The van der Waals surface area contributed by atoms with Gasteiger partial charge >= 0.3 is 0 Å². The maximum atomic E-state index is 11.1. The molecule has 3 rings (SSSR count). The summed E-state index contributed by atoms with van der Waals surface area (Å²) >= 11 is 0. The molecule has 1 aromatic carbocycles. The second-order valence-electron chi connectivity index (χ2n) is 4.39. The number of hydrogen-bond acceptors (Lipinski definition) is 3. The Hall–Kier alpha value is -1.35. The molecule has 1 saturated heterocycles. The average Bonchev–Trinajstić information content (AvgIpc) is 2.87. The molecule has 0 aliphatic carbocycles. The molecule has 0 amide bonds. The maximum Gasteiger partial charge on any atom is 0.143 e. The van der Waals surface area contributed by atoms with Crippen LogP contribution in [-0.4, -0.2) is 25.4 Å². The monoisotopic (exact) mass is 202 g/mol. The van der Waals surface area contributed by atoms with Crippen molar-refractivity contribution in [2.75, 3.05) is 18.4 Å². The zero-order chi connectivity index (χ0) is 10.3. The maximum absolute atomic E-state index is 11.1. The molecule has 0 bridgehead atoms. The zero-order valence-electron chi connectivity index (χ0n) is 8.49. The van der Waals surface area contributed by atoms with E-state index in [0.717, 1.165) is 31.5 Å². The second-order valence-corrected chi connectivity index (χ2v) is 4.39. The molecular weight excluding hydrogens is 188 g/mol. The highest BCUT2D eigenvalue weighted by Gasteiger charge is 2.48. The van der Waals surface area contributed by atoms with E-state index >= 15 is 0 Å². The average molecular weight is 202 g/mol. The molecule has 2 heterocycles. The van der Waals surface area contributed by atoms with E-state index in [1.54, 1.807) is 0 Å². The lowest BCUT2D eigenvalue weighted by atomic mass is 9.76. The van der Waals surface area contributed by atoms with Crippen molar-refractivity contribution < 1.29 is 4.79 Å². The van der Waals surface area contributed by atoms with E-state index in [1.807, 2.05) is 12.1 Å². The number of anilines is 1. The van der Waals surface area contributed by atoms with Crippen LogP contribution < -0.4 is 10.6 Å². The predicted octanol–water partition coefficient (Wildman–Crippen LogP) is 0.911. The van der Waals surface area contributed by atoms with Gasteiger partial charge in [-0.2, -0.15) is 0 Å². The Balaban J connectivity index is 2.14. The second kappa shape index (κ2) is 3.07. The van der Waals surface area contributed by atoms with Gasteiger partial charge in [-0.15, -0.1) is 0 Å². The molecule has 2 unspecified atom stereocenters. The highest BCUT2D eigenvalue weighted by molar-refractivity contribution is 5.76. The van der Waals surface area contributed by atoms with Gasteiger partial charge in [0.25, 0.3) is 0 Å². The molecular formula is C12H14N2O. The first-order valence-corrected chi connectivity index (χ1v) is 5.39. The third-order valence-electron chi connectivity index (χ3n) is 3.69. The third kappa shape index (κ3) is 1.07. The Morgan fingerprint density at radius 2 is 2.27 bits per heavy atom. The van der Waals surface area contributed by atoms with Gasteiger partial charge in [0.15, 0.2) is 0 Å². The largest absolute Gasteiger partial charge is 0.374 e. The summed E-state index contributed by atoms with van der Waals surface area (Å²) in [5.74, 6) is 0. The topological polar surface area (TPSA) is 41.1 Å². The van der Waals surface area contributed by atoms with Gasteiger partial charge in [0.1, 0.15) is 6.29 Å². The number of rotatable bonds is 1. The van der Waals surface area contributed by atoms with Crippen LogP contribution in [0.2, 0.25) is 0 Å². The third-order valence-corrected chi connectivity index (χ3v) is 3.69. The van der Waals surface area contributed by atoms with Crippen LogP contribution in [0, 0.1) is 0 Å². The summed E-state index contributed by atoms with van der Waals surface area (Å²) in [7, 11) is 0. The van der Waals surface area contributed by atoms with Gasteiger partial charge in [0, 0.05) is 17.6 Å². The van der Waals surface area contributed by atoms with E-state index in [4.69, 9.17) is 0 Å². The van der Waals surface area contributed by atoms with Gasteiger partial charge < -0.3 is 15.4 Å². The van der Waals surface area contributed by atoms with Crippen molar-refractivity contribution in [1.82, 2.24) is 5.32 Å². The lowest BCUT2D eigenvalue weighted by Gasteiger charge is -2.26. The Kier molecular flexibility index (Phi) is 1.83. The molecule has 1 aromatic rings. The standard InChI is InChI=1S/C12H14N2O/c15-7-11-12(5-6-13-8-12)9-3-1-2-4-10(9)14-11/h1-4,7,11,13-14H,5-6,8H2. The summed E-state index contributed by atoms with van der Waals surface area (Å²) in [6.45, 7) is 1.90. The van der Waals surface area contributed by atoms with E-state index < -0.39 is 0 Å². The summed E-state index contributed by atoms with van der Waals surface area (Å²) in [6, 6.07) is 8.19. The van der Waals surface area contributed by atoms with Crippen LogP contribution in [0.4, 0.5) is 5.69 Å². The Morgan fingerprint density at radius 3 is 3.00 bits per heavy atom. The Morgan fingerprint density at radius 1 is 1.40 bits per heavy atom. The van der Waals surface area contributed by atoms with Gasteiger partial charge in [-0.3, -0.25) is 0 Å². The van der Waals surface area contributed by atoms with Crippen LogP contribution in [0.15, 0.2) is 24.3 Å². The molecule has 1 spiro atoms. The summed E-state index contributed by atoms with van der Waals surface area (Å²) in [5.41, 5.74) is 2.42. The number of carbonyl (C=O) groups excluding carboxylic acids is 1. The summed E-state index contributed by atoms with van der Waals surface area (Å²) in [5, 5.41) is 6.67. The van der Waals surface area contributed by atoms with Crippen molar-refractivity contribution in [3.8, 4) is 0 Å². The molecule has 0 saturated carbocycles. The smallest absolute Gasteiger partial charge is 0.143 e. The summed E-state index contributed by atoms with van der Waals surface area (Å²) < 4.78 is 0. The van der Waals surface area contributed by atoms with Gasteiger partial charge in [-0.25, -0.2) is 0 Å². The number of benzene rings is 1. The minimum Gasteiger partial charge on any atom is -0.374 e. The molecule has 1 fully saturated rings. The van der Waals surface area contributed by atoms with Crippen LogP contribution in [0.25, 0.3) is 0 Å². The first-order chi connectivity index (χ1) is 7.37. The fourth-order valence-corrected chi connectivity index (χ4v) is 2.89. The zero-order valence-corrected chi connectivity index (χ0v) is 8.49. The molecule has 0 radical (unpaired) electrons. The van der Waals surface area contributed by atoms with Gasteiger partial charge in [-0.1, -0.05) is 18.2 Å². The lowest BCUT2D eigenvalue weighted by molar-refractivity contribution is -0.109. The van der Waals surface area contributed by atoms with Crippen LogP contribution in [0.1, 0.15) is 12.0 Å². The predicted molar refractivity (Wildman–Crippen MR) is 59.1 cm³/mol. The number of aldehydes is 1. The van der Waals surface area contributed by atoms with Gasteiger partial charge in [-0.05, 0) is 24.6 Å². The number of fused-ring (bicyclic) bond motifs is 2. The normalized spacial score (nSPS) is 32.7. The van der Waals surface area contributed by atoms with Gasteiger partial charge in [0.2, 0.25) is 0 Å². The molecule has 15 heavy (non-hydrogen) atoms. The summed E-state index contributed by atoms with van der Waals surface area (Å²) in [4.78, 5) is 11.1. The molecule has 2 aliphatic rings. The van der Waals surface area contributed by atoms with Crippen molar-refractivity contribution in [3.05, 3.63) is 29.8 Å². The minimum atomic E-state index is -0.0649. The molecule has 78 valence electrons. The molecule has 0 aromatic heterocycles. The van der Waals surface area contributed by atoms with Crippen LogP contribution >= 0.6 is 0 Å². The van der Waals surface area contributed by atoms with Crippen LogP contribution in [-0.2, 0) is 10.2 Å². The van der Waals surface area contributed by atoms with E-state index in [0.29, 0.717) is 0 Å². The Labute approximate surface area is 88.9 Å². The number of nitrogens with one attached hydrogen (secondary N) is 2. The number of para-hydroxylation sites is 1. The summed E-state index contributed by atoms with van der Waals surface area (Å²) in [6.07, 6.45) is 2.09. The highest BCUT2D eigenvalue weighted by atomic mass is 16.1. The fraction of sp³-hybridized carbons (Fsp3) is 0.417. The van der Waals surface area contributed by atoms with E-state index in [2.05, 4.69) is 22.8 Å². The van der Waals surface area contributed by atoms with Crippen molar-refractivity contribution >= 4 is 12.0 Å². The van der Waals surface area contributed by atoms with Crippen molar-refractivity contribution in [3.63, 3.8) is 0 Å². The van der Waals surface area contributed by atoms with E-state index in [9.17, 15) is 4.79 Å². The molecule has 3 heteroatoms. The van der Waals surface area contributed by atoms with E-state index in [-0.39, 0.29) is 11.5 Å². The molecule has 2 N–H and O–H groups in total. The molecule has 3 nitrogen and oxygen atoms in total.